The second kappa shape index (κ2) is 62.9. The van der Waals surface area contributed by atoms with E-state index in [2.05, 4.69) is 31.3 Å². The number of allylic oxidation sites excluding steroid dienone is 3. The molecule has 6 nitrogen and oxygen atoms in total. The predicted octanol–water partition coefficient (Wildman–Crippen LogP) is 21.0. The van der Waals surface area contributed by atoms with Gasteiger partial charge in [-0.1, -0.05) is 321 Å². The fourth-order valence-electron chi connectivity index (χ4n) is 10.4. The molecule has 0 aromatic carbocycles. The molecule has 0 saturated carbocycles. The van der Waals surface area contributed by atoms with E-state index in [0.29, 0.717) is 19.4 Å². The topological polar surface area (TPSA) is 95.9 Å². The van der Waals surface area contributed by atoms with Gasteiger partial charge in [0.15, 0.2) is 0 Å². The number of hydrogen-bond acceptors (Lipinski definition) is 5. The van der Waals surface area contributed by atoms with E-state index in [1.807, 2.05) is 6.08 Å². The number of aliphatic hydroxyl groups excluding tert-OH is 2. The van der Waals surface area contributed by atoms with Gasteiger partial charge in [0.1, 0.15) is 0 Å². The minimum Gasteiger partial charge on any atom is -0.466 e. The van der Waals surface area contributed by atoms with Crippen molar-refractivity contribution in [1.29, 1.82) is 0 Å². The Bertz CT molecular complexity index is 1140. The van der Waals surface area contributed by atoms with Gasteiger partial charge in [-0.2, -0.15) is 0 Å². The molecule has 0 saturated heterocycles. The molecule has 0 aliphatic carbocycles. The van der Waals surface area contributed by atoms with Crippen molar-refractivity contribution >= 4 is 11.9 Å². The zero-order valence-corrected chi connectivity index (χ0v) is 49.4. The lowest BCUT2D eigenvalue weighted by atomic mass is 10.0. The zero-order valence-electron chi connectivity index (χ0n) is 49.4. The van der Waals surface area contributed by atoms with Crippen LogP contribution >= 0.6 is 0 Å². The number of ether oxygens (including phenoxy) is 1. The molecule has 0 fully saturated rings. The van der Waals surface area contributed by atoms with Crippen LogP contribution in [0.3, 0.4) is 0 Å². The Morgan fingerprint density at radius 1 is 0.370 bits per heavy atom. The van der Waals surface area contributed by atoms with Crippen molar-refractivity contribution in [2.45, 2.75) is 379 Å². The number of amides is 1. The van der Waals surface area contributed by atoms with Gasteiger partial charge in [0.2, 0.25) is 5.91 Å². The lowest BCUT2D eigenvalue weighted by Crippen LogP contribution is -2.45. The smallest absolute Gasteiger partial charge is 0.305 e. The van der Waals surface area contributed by atoms with Crippen LogP contribution in [0, 0.1) is 0 Å². The van der Waals surface area contributed by atoms with Gasteiger partial charge in [-0.05, 0) is 57.8 Å². The van der Waals surface area contributed by atoms with Crippen LogP contribution in [0.2, 0.25) is 0 Å². The Labute approximate surface area is 456 Å². The first kappa shape index (κ1) is 71.3. The van der Waals surface area contributed by atoms with E-state index in [4.69, 9.17) is 4.74 Å². The molecule has 432 valence electrons. The lowest BCUT2D eigenvalue weighted by molar-refractivity contribution is -0.143. The molecule has 0 heterocycles. The van der Waals surface area contributed by atoms with E-state index in [0.717, 1.165) is 44.9 Å². The second-order valence-electron chi connectivity index (χ2n) is 22.8. The van der Waals surface area contributed by atoms with Crippen LogP contribution in [-0.2, 0) is 14.3 Å². The van der Waals surface area contributed by atoms with E-state index in [9.17, 15) is 19.8 Å². The normalized spacial score (nSPS) is 12.7. The summed E-state index contributed by atoms with van der Waals surface area (Å²) in [5.41, 5.74) is 0. The Balaban J connectivity index is 3.44. The molecule has 0 rings (SSSR count). The number of rotatable bonds is 62. The van der Waals surface area contributed by atoms with Crippen molar-refractivity contribution in [3.63, 3.8) is 0 Å². The molecule has 0 radical (unpaired) electrons. The summed E-state index contributed by atoms with van der Waals surface area (Å²) in [6, 6.07) is -0.632. The van der Waals surface area contributed by atoms with Crippen LogP contribution in [0.15, 0.2) is 24.3 Å². The highest BCUT2D eigenvalue weighted by molar-refractivity contribution is 5.76. The maximum Gasteiger partial charge on any atom is 0.305 e. The summed E-state index contributed by atoms with van der Waals surface area (Å²) in [7, 11) is 0. The first-order valence-electron chi connectivity index (χ1n) is 33.1. The third-order valence-electron chi connectivity index (χ3n) is 15.5. The molecule has 3 N–H and O–H groups in total. The fraction of sp³-hybridized carbons (Fsp3) is 0.910. The van der Waals surface area contributed by atoms with Crippen molar-refractivity contribution in [2.75, 3.05) is 13.2 Å². The standard InChI is InChI=1S/C67H129NO5/c1-3-5-7-9-11-13-15-17-19-20-21-22-23-24-25-26-29-32-35-39-43-47-51-55-59-65(70)64(63-69)68-66(71)60-56-52-48-44-40-36-33-30-27-28-31-34-38-42-46-50-54-58-62-73-67(72)61-57-53-49-45-41-37-18-16-14-12-10-8-6-4-2/h16,18,55,59,64-65,69-70H,3-15,17,19-54,56-58,60-63H2,1-2H3,(H,68,71)/b18-16-,59-55+. The first-order chi connectivity index (χ1) is 36.0. The molecule has 0 aromatic heterocycles. The zero-order chi connectivity index (χ0) is 52.9. The minimum atomic E-state index is -0.849. The maximum absolute atomic E-state index is 12.5. The van der Waals surface area contributed by atoms with Crippen LogP contribution < -0.4 is 5.32 Å². The number of esters is 1. The highest BCUT2D eigenvalue weighted by Crippen LogP contribution is 2.18. The number of carbonyl (C=O) groups is 2. The van der Waals surface area contributed by atoms with Crippen LogP contribution in [0.1, 0.15) is 367 Å². The molecule has 0 aliphatic heterocycles. The highest BCUT2D eigenvalue weighted by atomic mass is 16.5. The van der Waals surface area contributed by atoms with Crippen molar-refractivity contribution in [3.05, 3.63) is 24.3 Å². The predicted molar refractivity (Wildman–Crippen MR) is 320 cm³/mol. The Hall–Kier alpha value is -1.66. The second-order valence-corrected chi connectivity index (χ2v) is 22.8. The summed E-state index contributed by atoms with van der Waals surface area (Å²) >= 11 is 0. The average molecular weight is 1030 g/mol. The van der Waals surface area contributed by atoms with Gasteiger partial charge < -0.3 is 20.3 Å². The van der Waals surface area contributed by atoms with E-state index in [-0.39, 0.29) is 18.5 Å². The molecule has 1 amide bonds. The van der Waals surface area contributed by atoms with E-state index in [1.54, 1.807) is 6.08 Å². The Morgan fingerprint density at radius 3 is 0.973 bits per heavy atom. The van der Waals surface area contributed by atoms with Gasteiger partial charge in [0, 0.05) is 12.8 Å². The van der Waals surface area contributed by atoms with Crippen LogP contribution in [0.25, 0.3) is 0 Å². The van der Waals surface area contributed by atoms with Crippen molar-refractivity contribution in [1.82, 2.24) is 5.32 Å². The summed E-state index contributed by atoms with van der Waals surface area (Å²) in [4.78, 5) is 24.6. The van der Waals surface area contributed by atoms with Gasteiger partial charge in [-0.3, -0.25) is 9.59 Å². The number of unbranched alkanes of at least 4 members (excludes halogenated alkanes) is 49. The van der Waals surface area contributed by atoms with Crippen molar-refractivity contribution in [2.24, 2.45) is 0 Å². The molecule has 0 aromatic rings. The van der Waals surface area contributed by atoms with E-state index in [1.165, 1.54) is 295 Å². The van der Waals surface area contributed by atoms with Gasteiger partial charge in [0.05, 0.1) is 25.4 Å². The van der Waals surface area contributed by atoms with Crippen molar-refractivity contribution in [3.8, 4) is 0 Å². The Kier molecular flexibility index (Phi) is 61.4. The number of carbonyl (C=O) groups excluding carboxylic acids is 2. The highest BCUT2D eigenvalue weighted by Gasteiger charge is 2.18. The van der Waals surface area contributed by atoms with Gasteiger partial charge in [0.25, 0.3) is 0 Å². The van der Waals surface area contributed by atoms with E-state index >= 15 is 0 Å². The number of hydrogen-bond donors (Lipinski definition) is 3. The molecular weight excluding hydrogens is 899 g/mol. The fourth-order valence-corrected chi connectivity index (χ4v) is 10.4. The minimum absolute atomic E-state index is 0.00123. The van der Waals surface area contributed by atoms with Gasteiger partial charge >= 0.3 is 5.97 Å². The third-order valence-corrected chi connectivity index (χ3v) is 15.5. The number of nitrogens with one attached hydrogen (secondary N) is 1. The quantitative estimate of drug-likeness (QED) is 0.0320. The van der Waals surface area contributed by atoms with Gasteiger partial charge in [-0.25, -0.2) is 0 Å². The van der Waals surface area contributed by atoms with Gasteiger partial charge in [-0.15, -0.1) is 0 Å². The Morgan fingerprint density at radius 2 is 0.644 bits per heavy atom. The SMILES string of the molecule is CCCCCCC/C=C\CCCCCCCC(=O)OCCCCCCCCCCCCCCCCCCCCC(=O)NC(CO)C(O)/C=C/CCCCCCCCCCCCCCCCCCCCCCCC. The number of aliphatic hydroxyl groups is 2. The van der Waals surface area contributed by atoms with Crippen LogP contribution in [-0.4, -0.2) is 47.4 Å². The summed E-state index contributed by atoms with van der Waals surface area (Å²) in [5, 5.41) is 23.2. The molecule has 2 unspecified atom stereocenters. The summed E-state index contributed by atoms with van der Waals surface area (Å²) in [6.07, 6.45) is 78.0. The molecule has 2 atom stereocenters. The molecule has 0 spiro atoms. The summed E-state index contributed by atoms with van der Waals surface area (Å²) < 4.78 is 5.48. The maximum atomic E-state index is 12.5. The monoisotopic (exact) mass is 1030 g/mol. The summed E-state index contributed by atoms with van der Waals surface area (Å²) in [6.45, 7) is 4.91. The van der Waals surface area contributed by atoms with E-state index < -0.39 is 12.1 Å². The molecule has 0 aliphatic rings. The average Bonchev–Trinajstić information content (AvgIpc) is 3.39. The lowest BCUT2D eigenvalue weighted by Gasteiger charge is -2.20. The van der Waals surface area contributed by atoms with Crippen LogP contribution in [0.4, 0.5) is 0 Å². The summed E-state index contributed by atoms with van der Waals surface area (Å²) in [5.74, 6) is -0.0694. The first-order valence-corrected chi connectivity index (χ1v) is 33.1. The largest absolute Gasteiger partial charge is 0.466 e. The molecule has 6 heteroatoms. The molecule has 0 bridgehead atoms. The molecular formula is C67H129NO5. The van der Waals surface area contributed by atoms with Crippen LogP contribution in [0.5, 0.6) is 0 Å². The third kappa shape index (κ3) is 59.4. The molecule has 73 heavy (non-hydrogen) atoms. The van der Waals surface area contributed by atoms with Crippen molar-refractivity contribution < 1.29 is 24.5 Å².